The fourth-order valence-corrected chi connectivity index (χ4v) is 1.37. The van der Waals surface area contributed by atoms with Gasteiger partial charge in [-0.25, -0.2) is 4.39 Å². The van der Waals surface area contributed by atoms with Gasteiger partial charge in [-0.1, -0.05) is 5.16 Å². The molecule has 0 aliphatic rings. The average Bonchev–Trinajstić information content (AvgIpc) is 2.34. The van der Waals surface area contributed by atoms with Gasteiger partial charge in [0, 0.05) is 12.1 Å². The zero-order valence-electron chi connectivity index (χ0n) is 10.8. The first kappa shape index (κ1) is 14.9. The fourth-order valence-electron chi connectivity index (χ4n) is 1.37. The van der Waals surface area contributed by atoms with Crippen molar-refractivity contribution in [3.63, 3.8) is 0 Å². The third kappa shape index (κ3) is 3.92. The normalized spacial score (nSPS) is 12.5. The lowest BCUT2D eigenvalue weighted by Crippen LogP contribution is -2.50. The number of nitrogens with zero attached hydrogens (tertiary/aromatic N) is 1. The van der Waals surface area contributed by atoms with E-state index in [1.807, 2.05) is 0 Å². The second kappa shape index (κ2) is 5.66. The van der Waals surface area contributed by atoms with Gasteiger partial charge in [0.05, 0.1) is 5.54 Å². The highest BCUT2D eigenvalue weighted by molar-refractivity contribution is 5.97. The van der Waals surface area contributed by atoms with Crippen LogP contribution in [0.3, 0.4) is 0 Å². The quantitative estimate of drug-likeness (QED) is 0.266. The Hall–Kier alpha value is -2.15. The van der Waals surface area contributed by atoms with E-state index in [4.69, 9.17) is 16.7 Å². The number of rotatable bonds is 5. The van der Waals surface area contributed by atoms with Crippen LogP contribution >= 0.6 is 0 Å². The van der Waals surface area contributed by atoms with E-state index in [0.717, 1.165) is 6.07 Å². The Kier molecular flexibility index (Phi) is 4.44. The second-order valence-electron chi connectivity index (χ2n) is 4.68. The monoisotopic (exact) mass is 268 g/mol. The van der Waals surface area contributed by atoms with Gasteiger partial charge in [0.2, 0.25) is 5.91 Å². The van der Waals surface area contributed by atoms with Crippen LogP contribution in [0.25, 0.3) is 0 Å². The maximum atomic E-state index is 13.4. The SMILES string of the molecule is CC(C)(NCc1cc(F)cc(/C(N)=N/O)c1)C(N)=O. The van der Waals surface area contributed by atoms with Gasteiger partial charge in [-0.3, -0.25) is 10.1 Å². The molecule has 1 rings (SSSR count). The van der Waals surface area contributed by atoms with E-state index in [9.17, 15) is 9.18 Å². The van der Waals surface area contributed by atoms with Crippen molar-refractivity contribution < 1.29 is 14.4 Å². The van der Waals surface area contributed by atoms with Gasteiger partial charge in [-0.05, 0) is 37.6 Å². The zero-order valence-corrected chi connectivity index (χ0v) is 10.8. The maximum Gasteiger partial charge on any atom is 0.237 e. The molecule has 104 valence electrons. The Balaban J connectivity index is 2.91. The predicted octanol–water partition coefficient (Wildman–Crippen LogP) is 0.274. The highest BCUT2D eigenvalue weighted by Crippen LogP contribution is 2.11. The molecule has 7 heteroatoms. The Morgan fingerprint density at radius 3 is 2.58 bits per heavy atom. The molecule has 0 spiro atoms. The van der Waals surface area contributed by atoms with Crippen molar-refractivity contribution >= 4 is 11.7 Å². The number of carbonyl (C=O) groups excluding carboxylic acids is 1. The first-order valence-electron chi connectivity index (χ1n) is 5.58. The van der Waals surface area contributed by atoms with Crippen LogP contribution in [0.1, 0.15) is 25.0 Å². The molecule has 19 heavy (non-hydrogen) atoms. The molecule has 0 saturated carbocycles. The van der Waals surface area contributed by atoms with E-state index in [-0.39, 0.29) is 17.9 Å². The summed E-state index contributed by atoms with van der Waals surface area (Å²) in [6.45, 7) is 3.47. The van der Waals surface area contributed by atoms with Gasteiger partial charge < -0.3 is 16.7 Å². The van der Waals surface area contributed by atoms with Crippen LogP contribution in [0.15, 0.2) is 23.4 Å². The molecule has 6 N–H and O–H groups in total. The molecule has 0 bridgehead atoms. The van der Waals surface area contributed by atoms with Gasteiger partial charge in [0.1, 0.15) is 5.82 Å². The molecule has 0 aromatic heterocycles. The van der Waals surface area contributed by atoms with Gasteiger partial charge in [0.15, 0.2) is 5.84 Å². The summed E-state index contributed by atoms with van der Waals surface area (Å²) in [7, 11) is 0. The number of benzene rings is 1. The van der Waals surface area contributed by atoms with Crippen LogP contribution in [0.4, 0.5) is 4.39 Å². The third-order valence-corrected chi connectivity index (χ3v) is 2.71. The Bertz CT molecular complexity index is 514. The van der Waals surface area contributed by atoms with Crippen molar-refractivity contribution in [1.82, 2.24) is 5.32 Å². The summed E-state index contributed by atoms with van der Waals surface area (Å²) >= 11 is 0. The minimum atomic E-state index is -0.914. The van der Waals surface area contributed by atoms with Crippen molar-refractivity contribution in [2.75, 3.05) is 0 Å². The molecule has 1 aromatic rings. The molecule has 0 atom stereocenters. The highest BCUT2D eigenvalue weighted by Gasteiger charge is 2.23. The number of hydrogen-bond acceptors (Lipinski definition) is 4. The van der Waals surface area contributed by atoms with Crippen molar-refractivity contribution in [3.8, 4) is 0 Å². The summed E-state index contributed by atoms with van der Waals surface area (Å²) in [6, 6.07) is 4.00. The van der Waals surface area contributed by atoms with Crippen LogP contribution in [0.5, 0.6) is 0 Å². The molecule has 0 aliphatic heterocycles. The van der Waals surface area contributed by atoms with Gasteiger partial charge >= 0.3 is 0 Å². The lowest BCUT2D eigenvalue weighted by molar-refractivity contribution is -0.123. The van der Waals surface area contributed by atoms with Crippen molar-refractivity contribution in [2.24, 2.45) is 16.6 Å². The molecular weight excluding hydrogens is 251 g/mol. The zero-order chi connectivity index (χ0) is 14.6. The summed E-state index contributed by atoms with van der Waals surface area (Å²) < 4.78 is 13.4. The third-order valence-electron chi connectivity index (χ3n) is 2.71. The molecule has 6 nitrogen and oxygen atoms in total. The Morgan fingerprint density at radius 1 is 1.42 bits per heavy atom. The highest BCUT2D eigenvalue weighted by atomic mass is 19.1. The molecule has 0 unspecified atom stereocenters. The first-order chi connectivity index (χ1) is 8.76. The number of hydrogen-bond donors (Lipinski definition) is 4. The van der Waals surface area contributed by atoms with E-state index in [2.05, 4.69) is 10.5 Å². The van der Waals surface area contributed by atoms with Crippen LogP contribution in [-0.4, -0.2) is 22.5 Å². The van der Waals surface area contributed by atoms with E-state index in [1.165, 1.54) is 6.07 Å². The topological polar surface area (TPSA) is 114 Å². The van der Waals surface area contributed by atoms with Crippen molar-refractivity contribution in [1.29, 1.82) is 0 Å². The number of nitrogens with one attached hydrogen (secondary N) is 1. The molecule has 0 saturated heterocycles. The van der Waals surface area contributed by atoms with Crippen molar-refractivity contribution in [2.45, 2.75) is 25.9 Å². The molecule has 0 fully saturated rings. The molecule has 0 aliphatic carbocycles. The number of nitrogens with two attached hydrogens (primary N) is 2. The number of oxime groups is 1. The summed E-state index contributed by atoms with van der Waals surface area (Å²) in [5.41, 5.74) is 10.5. The van der Waals surface area contributed by atoms with E-state index in [1.54, 1.807) is 19.9 Å². The fraction of sp³-hybridized carbons (Fsp3) is 0.333. The minimum absolute atomic E-state index is 0.185. The second-order valence-corrected chi connectivity index (χ2v) is 4.68. The summed E-state index contributed by atoms with van der Waals surface area (Å²) in [6.07, 6.45) is 0. The van der Waals surface area contributed by atoms with E-state index >= 15 is 0 Å². The van der Waals surface area contributed by atoms with Gasteiger partial charge in [-0.2, -0.15) is 0 Å². The van der Waals surface area contributed by atoms with Crippen LogP contribution in [0, 0.1) is 5.82 Å². The standard InChI is InChI=1S/C12H17FN4O2/c1-12(2,11(15)18)16-6-7-3-8(10(14)17-19)5-9(13)4-7/h3-5,16,19H,6H2,1-2H3,(H2,14,17)(H2,15,18). The van der Waals surface area contributed by atoms with E-state index in [0.29, 0.717) is 5.56 Å². The van der Waals surface area contributed by atoms with Crippen LogP contribution in [0.2, 0.25) is 0 Å². The number of amidine groups is 1. The van der Waals surface area contributed by atoms with E-state index < -0.39 is 17.3 Å². The lowest BCUT2D eigenvalue weighted by Gasteiger charge is -2.22. The van der Waals surface area contributed by atoms with Crippen molar-refractivity contribution in [3.05, 3.63) is 35.1 Å². The Labute approximate surface area is 110 Å². The van der Waals surface area contributed by atoms with Gasteiger partial charge in [0.25, 0.3) is 0 Å². The maximum absolute atomic E-state index is 13.4. The summed E-state index contributed by atoms with van der Waals surface area (Å²) in [5.74, 6) is -1.21. The van der Waals surface area contributed by atoms with Crippen LogP contribution < -0.4 is 16.8 Å². The number of amides is 1. The largest absolute Gasteiger partial charge is 0.409 e. The molecule has 0 heterocycles. The average molecular weight is 268 g/mol. The van der Waals surface area contributed by atoms with Crippen LogP contribution in [-0.2, 0) is 11.3 Å². The first-order valence-corrected chi connectivity index (χ1v) is 5.58. The Morgan fingerprint density at radius 2 is 2.05 bits per heavy atom. The molecule has 1 amide bonds. The lowest BCUT2D eigenvalue weighted by atomic mass is 10.0. The smallest absolute Gasteiger partial charge is 0.237 e. The molecule has 1 aromatic carbocycles. The summed E-state index contributed by atoms with van der Waals surface area (Å²) in [5, 5.41) is 14.3. The predicted molar refractivity (Wildman–Crippen MR) is 69.0 cm³/mol. The molecular formula is C12H17FN4O2. The summed E-state index contributed by atoms with van der Waals surface area (Å²) in [4.78, 5) is 11.1. The number of carbonyl (C=O) groups is 1. The van der Waals surface area contributed by atoms with Gasteiger partial charge in [-0.15, -0.1) is 0 Å². The number of halogens is 1. The number of primary amides is 1. The molecule has 0 radical (unpaired) electrons. The minimum Gasteiger partial charge on any atom is -0.409 e.